The first-order valence-corrected chi connectivity index (χ1v) is 12.2. The monoisotopic (exact) mass is 432 g/mol. The molecule has 0 aromatic heterocycles. The van der Waals surface area contributed by atoms with Gasteiger partial charge in [-0.15, -0.1) is 0 Å². The van der Waals surface area contributed by atoms with Gasteiger partial charge in [-0.2, -0.15) is 0 Å². The molecule has 0 aliphatic heterocycles. The highest BCUT2D eigenvalue weighted by atomic mass is 16.5. The van der Waals surface area contributed by atoms with E-state index in [1.807, 2.05) is 37.3 Å². The van der Waals surface area contributed by atoms with Crippen LogP contribution >= 0.6 is 0 Å². The van der Waals surface area contributed by atoms with Crippen molar-refractivity contribution in [3.63, 3.8) is 0 Å². The summed E-state index contributed by atoms with van der Waals surface area (Å²) in [5.74, 6) is 0.710. The van der Waals surface area contributed by atoms with Gasteiger partial charge >= 0.3 is 6.03 Å². The van der Waals surface area contributed by atoms with Gasteiger partial charge in [0.2, 0.25) is 0 Å². The molecule has 0 radical (unpaired) electrons. The van der Waals surface area contributed by atoms with Crippen molar-refractivity contribution in [1.29, 1.82) is 0 Å². The molecule has 2 aromatic rings. The summed E-state index contributed by atoms with van der Waals surface area (Å²) >= 11 is 0. The Hall–Kier alpha value is -2.33. The summed E-state index contributed by atoms with van der Waals surface area (Å²) in [5.41, 5.74) is 5.04. The van der Waals surface area contributed by atoms with Crippen LogP contribution in [-0.2, 0) is 23.2 Å². The number of benzene rings is 2. The van der Waals surface area contributed by atoms with Gasteiger partial charge in [-0.05, 0) is 80.0 Å². The molecule has 1 atom stereocenters. The van der Waals surface area contributed by atoms with Gasteiger partial charge in [0.05, 0.1) is 11.6 Å². The zero-order valence-electron chi connectivity index (χ0n) is 19.7. The minimum atomic E-state index is -0.367. The molecule has 0 heterocycles. The highest BCUT2D eigenvalue weighted by Crippen LogP contribution is 2.58. The Labute approximate surface area is 192 Å². The lowest BCUT2D eigenvalue weighted by atomic mass is 9.62. The molecule has 4 nitrogen and oxygen atoms in total. The summed E-state index contributed by atoms with van der Waals surface area (Å²) in [6, 6.07) is 17.3. The molecule has 0 saturated heterocycles. The van der Waals surface area contributed by atoms with Gasteiger partial charge < -0.3 is 15.0 Å². The van der Waals surface area contributed by atoms with E-state index in [2.05, 4.69) is 42.6 Å². The van der Waals surface area contributed by atoms with Gasteiger partial charge in [0.25, 0.3) is 0 Å². The number of urea groups is 1. The molecule has 5 rings (SSSR count). The van der Waals surface area contributed by atoms with E-state index >= 15 is 0 Å². The van der Waals surface area contributed by atoms with Crippen LogP contribution < -0.4 is 5.32 Å². The molecule has 2 aromatic carbocycles. The number of methoxy groups -OCH3 is 1. The molecule has 32 heavy (non-hydrogen) atoms. The van der Waals surface area contributed by atoms with Crippen LogP contribution in [0.2, 0.25) is 0 Å². The molecular weight excluding hydrogens is 396 g/mol. The topological polar surface area (TPSA) is 41.6 Å². The number of rotatable bonds is 5. The Morgan fingerprint density at radius 3 is 2.47 bits per heavy atom. The highest BCUT2D eigenvalue weighted by molar-refractivity contribution is 5.76. The van der Waals surface area contributed by atoms with Crippen LogP contribution in [0.4, 0.5) is 4.79 Å². The van der Waals surface area contributed by atoms with Crippen LogP contribution in [0.15, 0.2) is 48.5 Å². The van der Waals surface area contributed by atoms with Gasteiger partial charge in [0, 0.05) is 26.1 Å². The Kier molecular flexibility index (Phi) is 5.53. The fraction of sp³-hybridized carbons (Fsp3) is 0.536. The summed E-state index contributed by atoms with van der Waals surface area (Å²) in [4.78, 5) is 15.3. The van der Waals surface area contributed by atoms with Gasteiger partial charge in [0.15, 0.2) is 0 Å². The maximum atomic E-state index is 13.5. The van der Waals surface area contributed by atoms with Crippen LogP contribution in [0.25, 0.3) is 0 Å². The molecule has 2 saturated carbocycles. The van der Waals surface area contributed by atoms with Crippen LogP contribution in [0.1, 0.15) is 73.6 Å². The minimum absolute atomic E-state index is 0.00858. The Morgan fingerprint density at radius 1 is 1.09 bits per heavy atom. The summed E-state index contributed by atoms with van der Waals surface area (Å²) in [7, 11) is 3.73. The molecule has 1 N–H and O–H groups in total. The van der Waals surface area contributed by atoms with Gasteiger partial charge in [-0.25, -0.2) is 4.79 Å². The van der Waals surface area contributed by atoms with Crippen molar-refractivity contribution in [2.45, 2.75) is 76.0 Å². The van der Waals surface area contributed by atoms with E-state index in [9.17, 15) is 4.79 Å². The van der Waals surface area contributed by atoms with E-state index in [4.69, 9.17) is 4.74 Å². The van der Waals surface area contributed by atoms with Gasteiger partial charge in [0.1, 0.15) is 0 Å². The highest BCUT2D eigenvalue weighted by Gasteiger charge is 2.56. The lowest BCUT2D eigenvalue weighted by Gasteiger charge is -2.49. The Bertz CT molecular complexity index is 976. The van der Waals surface area contributed by atoms with E-state index in [0.29, 0.717) is 18.6 Å². The zero-order chi connectivity index (χ0) is 22.3. The van der Waals surface area contributed by atoms with Gasteiger partial charge in [-0.1, -0.05) is 48.5 Å². The number of carbonyl (C=O) groups excluding carboxylic acids is 1. The van der Waals surface area contributed by atoms with E-state index in [1.54, 1.807) is 0 Å². The predicted octanol–water partition coefficient (Wildman–Crippen LogP) is 5.75. The number of hydrogen-bond donors (Lipinski definition) is 1. The predicted molar refractivity (Wildman–Crippen MR) is 128 cm³/mol. The van der Waals surface area contributed by atoms with Crippen molar-refractivity contribution in [3.05, 3.63) is 70.8 Å². The van der Waals surface area contributed by atoms with Crippen molar-refractivity contribution in [2.24, 2.45) is 5.41 Å². The maximum absolute atomic E-state index is 13.5. The zero-order valence-corrected chi connectivity index (χ0v) is 19.7. The number of nitrogens with one attached hydrogen (secondary N) is 1. The molecule has 170 valence electrons. The summed E-state index contributed by atoms with van der Waals surface area (Å²) in [5, 5.41) is 3.56. The number of ether oxygens (including phenoxy) is 1. The number of amides is 2. The standard InChI is InChI=1S/C28H36N2O2/c1-27(29-26(31)30(2)19-20-7-5-4-6-8-20)25-17-22(21-9-10-21)11-12-23(25)18-28(27)15-13-24(32-3)14-16-28/h4-8,11-12,17,21,24H,9-10,13-16,18-19H2,1-3H3,(H,29,31)/t24?,27-,28?/m0/s1. The summed E-state index contributed by atoms with van der Waals surface area (Å²) in [6.45, 7) is 2.90. The minimum Gasteiger partial charge on any atom is -0.381 e. The molecule has 4 heteroatoms. The quantitative estimate of drug-likeness (QED) is 0.653. The third-order valence-electron chi connectivity index (χ3n) is 8.50. The van der Waals surface area contributed by atoms with E-state index in [1.165, 1.54) is 29.5 Å². The fourth-order valence-electron chi connectivity index (χ4n) is 6.21. The number of nitrogens with zero attached hydrogens (tertiary/aromatic N) is 1. The number of hydrogen-bond acceptors (Lipinski definition) is 2. The fourth-order valence-corrected chi connectivity index (χ4v) is 6.21. The molecule has 1 spiro atoms. The molecule has 2 fully saturated rings. The lowest BCUT2D eigenvalue weighted by Crippen LogP contribution is -2.57. The average Bonchev–Trinajstić information content (AvgIpc) is 3.63. The largest absolute Gasteiger partial charge is 0.381 e. The van der Waals surface area contributed by atoms with E-state index in [0.717, 1.165) is 37.7 Å². The first kappa shape index (κ1) is 21.5. The second-order valence-corrected chi connectivity index (χ2v) is 10.5. The van der Waals surface area contributed by atoms with Crippen molar-refractivity contribution >= 4 is 6.03 Å². The lowest BCUT2D eigenvalue weighted by molar-refractivity contribution is -0.00810. The SMILES string of the molecule is COC1CCC2(CC1)Cc1ccc(C3CC3)cc1[C@]2(C)NC(=O)N(C)Cc1ccccc1. The number of carbonyl (C=O) groups is 1. The molecular formula is C28H36N2O2. The smallest absolute Gasteiger partial charge is 0.318 e. The average molecular weight is 433 g/mol. The van der Waals surface area contributed by atoms with Crippen LogP contribution in [0, 0.1) is 5.41 Å². The second-order valence-electron chi connectivity index (χ2n) is 10.5. The van der Waals surface area contributed by atoms with Crippen LogP contribution in [0.5, 0.6) is 0 Å². The Morgan fingerprint density at radius 2 is 1.81 bits per heavy atom. The first-order chi connectivity index (χ1) is 15.4. The van der Waals surface area contributed by atoms with E-state index in [-0.39, 0.29) is 17.0 Å². The van der Waals surface area contributed by atoms with Crippen molar-refractivity contribution in [2.75, 3.05) is 14.2 Å². The Balaban J connectivity index is 1.44. The van der Waals surface area contributed by atoms with Crippen molar-refractivity contribution in [1.82, 2.24) is 10.2 Å². The maximum Gasteiger partial charge on any atom is 0.318 e. The molecule has 0 unspecified atom stereocenters. The molecule has 3 aliphatic carbocycles. The summed E-state index contributed by atoms with van der Waals surface area (Å²) in [6.07, 6.45) is 8.26. The van der Waals surface area contributed by atoms with Crippen LogP contribution in [-0.4, -0.2) is 31.2 Å². The number of fused-ring (bicyclic) bond motifs is 1. The van der Waals surface area contributed by atoms with E-state index < -0.39 is 0 Å². The van der Waals surface area contributed by atoms with Crippen molar-refractivity contribution in [3.8, 4) is 0 Å². The third kappa shape index (κ3) is 3.73. The molecule has 0 bridgehead atoms. The third-order valence-corrected chi connectivity index (χ3v) is 8.50. The summed E-state index contributed by atoms with van der Waals surface area (Å²) < 4.78 is 5.69. The van der Waals surface area contributed by atoms with Crippen LogP contribution in [0.3, 0.4) is 0 Å². The first-order valence-electron chi connectivity index (χ1n) is 12.2. The van der Waals surface area contributed by atoms with Gasteiger partial charge in [-0.3, -0.25) is 0 Å². The normalized spacial score (nSPS) is 29.0. The molecule has 3 aliphatic rings. The molecule has 2 amide bonds. The second kappa shape index (κ2) is 8.22. The van der Waals surface area contributed by atoms with Crippen molar-refractivity contribution < 1.29 is 9.53 Å².